The Morgan fingerprint density at radius 3 is 2.45 bits per heavy atom. The molecule has 4 heteroatoms. The Kier molecular flexibility index (Phi) is 4.91. The summed E-state index contributed by atoms with van der Waals surface area (Å²) in [6, 6.07) is 9.49. The fourth-order valence-corrected chi connectivity index (χ4v) is 3.74. The lowest BCUT2D eigenvalue weighted by atomic mass is 9.77. The lowest BCUT2D eigenvalue weighted by molar-refractivity contribution is -0.147. The summed E-state index contributed by atoms with van der Waals surface area (Å²) < 4.78 is 5.34. The minimum atomic E-state index is -1.34. The highest BCUT2D eigenvalue weighted by Crippen LogP contribution is 2.41. The van der Waals surface area contributed by atoms with E-state index in [1.54, 1.807) is 0 Å². The smallest absolute Gasteiger partial charge is 0.183 e. The number of hydrogen-bond acceptors (Lipinski definition) is 4. The second kappa shape index (κ2) is 6.90. The van der Waals surface area contributed by atoms with Gasteiger partial charge in [-0.05, 0) is 24.3 Å². The van der Waals surface area contributed by atoms with Gasteiger partial charge in [0, 0.05) is 13.1 Å². The third-order valence-electron chi connectivity index (χ3n) is 5.06. The van der Waals surface area contributed by atoms with Crippen LogP contribution < -0.4 is 0 Å². The number of rotatable bonds is 5. The van der Waals surface area contributed by atoms with Crippen LogP contribution in [0.15, 0.2) is 30.3 Å². The number of carbonyl (C=O) groups is 1. The summed E-state index contributed by atoms with van der Waals surface area (Å²) in [5, 5.41) is 11.4. The number of carbonyl (C=O) groups excluding carboxylic acids is 1. The molecule has 0 aromatic heterocycles. The maximum atomic E-state index is 13.0. The Balaban J connectivity index is 1.82. The Morgan fingerprint density at radius 2 is 1.82 bits per heavy atom. The fraction of sp³-hybridized carbons (Fsp3) is 0.611. The highest BCUT2D eigenvalue weighted by molar-refractivity contribution is 5.90. The van der Waals surface area contributed by atoms with E-state index in [-0.39, 0.29) is 11.7 Å². The molecule has 2 aliphatic rings. The molecule has 2 fully saturated rings. The number of aliphatic hydroxyl groups is 1. The predicted molar refractivity (Wildman–Crippen MR) is 84.6 cm³/mol. The highest BCUT2D eigenvalue weighted by atomic mass is 16.5. The van der Waals surface area contributed by atoms with Crippen molar-refractivity contribution in [3.05, 3.63) is 35.9 Å². The summed E-state index contributed by atoms with van der Waals surface area (Å²) >= 11 is 0. The number of Topliss-reactive ketones (excluding diaryl/α,β-unsaturated/α-hetero) is 1. The number of ketones is 1. The molecule has 0 bridgehead atoms. The summed E-state index contributed by atoms with van der Waals surface area (Å²) in [7, 11) is 0. The second-order valence-corrected chi connectivity index (χ2v) is 6.43. The molecule has 4 nitrogen and oxygen atoms in total. The van der Waals surface area contributed by atoms with Gasteiger partial charge in [-0.3, -0.25) is 9.69 Å². The molecular formula is C18H25NO3. The van der Waals surface area contributed by atoms with Gasteiger partial charge in [0.2, 0.25) is 0 Å². The molecule has 1 N–H and O–H groups in total. The van der Waals surface area contributed by atoms with Gasteiger partial charge in [-0.25, -0.2) is 0 Å². The first-order chi connectivity index (χ1) is 10.7. The van der Waals surface area contributed by atoms with Crippen molar-refractivity contribution in [2.75, 3.05) is 32.8 Å². The molecule has 0 amide bonds. The third kappa shape index (κ3) is 3.09. The quantitative estimate of drug-likeness (QED) is 0.903. The van der Waals surface area contributed by atoms with Gasteiger partial charge >= 0.3 is 0 Å². The summed E-state index contributed by atoms with van der Waals surface area (Å²) in [5.41, 5.74) is -0.587. The maximum Gasteiger partial charge on any atom is 0.183 e. The first-order valence-corrected chi connectivity index (χ1v) is 8.32. The van der Waals surface area contributed by atoms with Crippen molar-refractivity contribution in [2.45, 2.75) is 31.3 Å². The van der Waals surface area contributed by atoms with E-state index in [1.165, 1.54) is 0 Å². The minimum Gasteiger partial charge on any atom is -0.379 e. The first-order valence-electron chi connectivity index (χ1n) is 8.32. The van der Waals surface area contributed by atoms with Crippen LogP contribution in [0, 0.1) is 5.92 Å². The Morgan fingerprint density at radius 1 is 1.18 bits per heavy atom. The average Bonchev–Trinajstić information content (AvgIpc) is 3.11. The number of morpholine rings is 1. The lowest BCUT2D eigenvalue weighted by Crippen LogP contribution is -2.49. The van der Waals surface area contributed by atoms with Gasteiger partial charge in [0.05, 0.1) is 19.8 Å². The van der Waals surface area contributed by atoms with Gasteiger partial charge in [-0.2, -0.15) is 0 Å². The summed E-state index contributed by atoms with van der Waals surface area (Å²) in [6.45, 7) is 3.18. The standard InChI is InChI=1S/C18H25NO3/c20-17(14-19-10-12-22-13-11-19)18(21,16-8-4-5-9-16)15-6-2-1-3-7-15/h1-3,6-7,16,21H,4-5,8-14H2. The van der Waals surface area contributed by atoms with Crippen molar-refractivity contribution < 1.29 is 14.6 Å². The van der Waals surface area contributed by atoms with Gasteiger partial charge in [0.25, 0.3) is 0 Å². The van der Waals surface area contributed by atoms with Gasteiger partial charge in [0.15, 0.2) is 11.4 Å². The monoisotopic (exact) mass is 303 g/mol. The largest absolute Gasteiger partial charge is 0.379 e. The van der Waals surface area contributed by atoms with Crippen molar-refractivity contribution in [1.82, 2.24) is 4.90 Å². The van der Waals surface area contributed by atoms with Crippen LogP contribution in [0.2, 0.25) is 0 Å². The Hall–Kier alpha value is -1.23. The van der Waals surface area contributed by atoms with Crippen LogP contribution in [-0.4, -0.2) is 48.6 Å². The topological polar surface area (TPSA) is 49.8 Å². The Bertz CT molecular complexity index is 492. The fourth-order valence-electron chi connectivity index (χ4n) is 3.74. The van der Waals surface area contributed by atoms with E-state index in [0.29, 0.717) is 19.8 Å². The van der Waals surface area contributed by atoms with Crippen LogP contribution in [0.5, 0.6) is 0 Å². The van der Waals surface area contributed by atoms with Crippen molar-refractivity contribution >= 4 is 5.78 Å². The number of benzene rings is 1. The van der Waals surface area contributed by atoms with Gasteiger partial charge in [0.1, 0.15) is 0 Å². The minimum absolute atomic E-state index is 0.0449. The molecule has 1 atom stereocenters. The number of ether oxygens (including phenoxy) is 1. The molecule has 1 aromatic rings. The summed E-state index contributed by atoms with van der Waals surface area (Å²) in [4.78, 5) is 15.1. The van der Waals surface area contributed by atoms with Crippen molar-refractivity contribution in [1.29, 1.82) is 0 Å². The maximum absolute atomic E-state index is 13.0. The van der Waals surface area contributed by atoms with Gasteiger partial charge in [-0.15, -0.1) is 0 Å². The van der Waals surface area contributed by atoms with E-state index in [4.69, 9.17) is 4.74 Å². The molecule has 1 aliphatic heterocycles. The van der Waals surface area contributed by atoms with E-state index in [9.17, 15) is 9.90 Å². The molecule has 22 heavy (non-hydrogen) atoms. The van der Waals surface area contributed by atoms with Gasteiger partial charge in [-0.1, -0.05) is 43.2 Å². The molecule has 1 saturated carbocycles. The molecule has 120 valence electrons. The molecule has 1 unspecified atom stereocenters. The van der Waals surface area contributed by atoms with Gasteiger partial charge < -0.3 is 9.84 Å². The zero-order chi connectivity index (χ0) is 15.4. The zero-order valence-corrected chi connectivity index (χ0v) is 13.0. The van der Waals surface area contributed by atoms with E-state index in [2.05, 4.69) is 4.90 Å². The van der Waals surface area contributed by atoms with E-state index < -0.39 is 5.60 Å². The second-order valence-electron chi connectivity index (χ2n) is 6.43. The van der Waals surface area contributed by atoms with E-state index >= 15 is 0 Å². The van der Waals surface area contributed by atoms with Crippen LogP contribution in [-0.2, 0) is 15.1 Å². The predicted octanol–water partition coefficient (Wildman–Crippen LogP) is 1.97. The zero-order valence-electron chi connectivity index (χ0n) is 13.0. The molecule has 0 spiro atoms. The molecule has 1 aliphatic carbocycles. The van der Waals surface area contributed by atoms with Crippen LogP contribution in [0.4, 0.5) is 0 Å². The van der Waals surface area contributed by atoms with Crippen molar-refractivity contribution in [3.63, 3.8) is 0 Å². The van der Waals surface area contributed by atoms with Crippen LogP contribution in [0.1, 0.15) is 31.2 Å². The average molecular weight is 303 g/mol. The molecule has 1 saturated heterocycles. The number of nitrogens with zero attached hydrogens (tertiary/aromatic N) is 1. The molecule has 3 rings (SSSR count). The lowest BCUT2D eigenvalue weighted by Gasteiger charge is -2.36. The summed E-state index contributed by atoms with van der Waals surface area (Å²) in [5.74, 6) is -0.0176. The normalized spacial score (nSPS) is 23.3. The molecule has 0 radical (unpaired) electrons. The summed E-state index contributed by atoms with van der Waals surface area (Å²) in [6.07, 6.45) is 4.07. The first kappa shape index (κ1) is 15.7. The SMILES string of the molecule is O=C(CN1CCOCC1)C(O)(c1ccccc1)C1CCCC1. The van der Waals surface area contributed by atoms with Crippen molar-refractivity contribution in [3.8, 4) is 0 Å². The number of hydrogen-bond donors (Lipinski definition) is 1. The van der Waals surface area contributed by atoms with Crippen LogP contribution >= 0.6 is 0 Å². The highest BCUT2D eigenvalue weighted by Gasteiger charge is 2.46. The van der Waals surface area contributed by atoms with Crippen LogP contribution in [0.3, 0.4) is 0 Å². The molecule has 1 heterocycles. The van der Waals surface area contributed by atoms with Crippen LogP contribution in [0.25, 0.3) is 0 Å². The van der Waals surface area contributed by atoms with Crippen molar-refractivity contribution in [2.24, 2.45) is 5.92 Å². The van der Waals surface area contributed by atoms with E-state index in [0.717, 1.165) is 44.3 Å². The molecule has 1 aromatic carbocycles. The Labute approximate surface area is 132 Å². The third-order valence-corrected chi connectivity index (χ3v) is 5.06. The van der Waals surface area contributed by atoms with E-state index in [1.807, 2.05) is 30.3 Å². The molecular weight excluding hydrogens is 278 g/mol.